The molecule has 1 aromatic carbocycles. The van der Waals surface area contributed by atoms with Gasteiger partial charge in [-0.25, -0.2) is 0 Å². The zero-order valence-corrected chi connectivity index (χ0v) is 18.9. The third kappa shape index (κ3) is 3.13. The molecule has 2 nitrogen and oxygen atoms in total. The number of fused-ring (bicyclic) bond motifs is 1. The Morgan fingerprint density at radius 1 is 0.467 bits per heavy atom. The molecule has 0 amide bonds. The maximum absolute atomic E-state index is 4.73. The Morgan fingerprint density at radius 2 is 0.933 bits per heavy atom. The van der Waals surface area contributed by atoms with E-state index in [0.717, 1.165) is 22.2 Å². The number of hydrogen-bond donors (Lipinski definition) is 0. The molecule has 30 heavy (non-hydrogen) atoms. The summed E-state index contributed by atoms with van der Waals surface area (Å²) in [6.07, 6.45) is 3.57. The highest BCUT2D eigenvalue weighted by Gasteiger charge is 2.15. The Labute approximate surface area is 189 Å². The van der Waals surface area contributed by atoms with Gasteiger partial charge in [-0.1, -0.05) is 24.3 Å². The van der Waals surface area contributed by atoms with E-state index in [-0.39, 0.29) is 0 Å². The predicted molar refractivity (Wildman–Crippen MR) is 133 cm³/mol. The second-order valence-electron chi connectivity index (χ2n) is 6.70. The molecule has 0 bridgehead atoms. The van der Waals surface area contributed by atoms with Crippen molar-refractivity contribution in [2.75, 3.05) is 0 Å². The molecule has 0 aliphatic rings. The third-order valence-corrected chi connectivity index (χ3v) is 9.26. The van der Waals surface area contributed by atoms with Gasteiger partial charge in [-0.05, 0) is 47.2 Å². The zero-order chi connectivity index (χ0) is 19.9. The summed E-state index contributed by atoms with van der Waals surface area (Å²) < 4.78 is 0. The first kappa shape index (κ1) is 18.2. The molecule has 5 aromatic heterocycles. The summed E-state index contributed by atoms with van der Waals surface area (Å²) >= 11 is 7.17. The van der Waals surface area contributed by atoms with Crippen LogP contribution in [0.5, 0.6) is 0 Å². The van der Waals surface area contributed by atoms with Crippen molar-refractivity contribution in [1.82, 2.24) is 9.97 Å². The van der Waals surface area contributed by atoms with Gasteiger partial charge in [-0.15, -0.1) is 45.3 Å². The van der Waals surface area contributed by atoms with Crippen molar-refractivity contribution in [1.29, 1.82) is 0 Å². The number of nitrogens with zero attached hydrogens (tertiary/aromatic N) is 2. The predicted octanol–water partition coefficient (Wildman–Crippen LogP) is 8.54. The molecule has 6 rings (SSSR count). The molecule has 0 aliphatic heterocycles. The van der Waals surface area contributed by atoms with Crippen LogP contribution >= 0.6 is 45.3 Å². The van der Waals surface area contributed by atoms with Gasteiger partial charge in [0.1, 0.15) is 0 Å². The summed E-state index contributed by atoms with van der Waals surface area (Å²) in [4.78, 5) is 17.1. The fourth-order valence-electron chi connectivity index (χ4n) is 3.52. The molecular weight excluding hydrogens is 445 g/mol. The van der Waals surface area contributed by atoms with Crippen LogP contribution in [-0.4, -0.2) is 9.97 Å². The SMILES string of the molecule is c1csc(-c2ccc(-c3ccc(-c4ccc(-c5cccs5)s4)c4nccnc34)s2)c1. The van der Waals surface area contributed by atoms with Crippen LogP contribution < -0.4 is 0 Å². The van der Waals surface area contributed by atoms with E-state index < -0.39 is 0 Å². The summed E-state index contributed by atoms with van der Waals surface area (Å²) in [5.41, 5.74) is 4.20. The molecule has 0 saturated carbocycles. The smallest absolute Gasteiger partial charge is 0.0979 e. The fourth-order valence-corrected chi connectivity index (χ4v) is 7.26. The van der Waals surface area contributed by atoms with E-state index in [0.29, 0.717) is 0 Å². The summed E-state index contributed by atoms with van der Waals surface area (Å²) in [6.45, 7) is 0. The van der Waals surface area contributed by atoms with Gasteiger partial charge in [0.25, 0.3) is 0 Å². The van der Waals surface area contributed by atoms with E-state index in [1.54, 1.807) is 35.1 Å². The molecule has 0 saturated heterocycles. The molecule has 6 heteroatoms. The van der Waals surface area contributed by atoms with Crippen molar-refractivity contribution in [3.63, 3.8) is 0 Å². The lowest BCUT2D eigenvalue weighted by Gasteiger charge is -2.07. The highest BCUT2D eigenvalue weighted by atomic mass is 32.1. The van der Waals surface area contributed by atoms with Gasteiger partial charge in [-0.2, -0.15) is 0 Å². The zero-order valence-electron chi connectivity index (χ0n) is 15.6. The first-order valence-corrected chi connectivity index (χ1v) is 12.8. The number of thiophene rings is 4. The molecule has 5 heterocycles. The molecule has 6 aromatic rings. The highest BCUT2D eigenvalue weighted by Crippen LogP contribution is 2.42. The third-order valence-electron chi connectivity index (χ3n) is 4.90. The van der Waals surface area contributed by atoms with Crippen LogP contribution in [0.1, 0.15) is 0 Å². The summed E-state index contributed by atoms with van der Waals surface area (Å²) in [7, 11) is 0. The molecule has 0 atom stereocenters. The number of rotatable bonds is 4. The van der Waals surface area contributed by atoms with E-state index in [2.05, 4.69) is 71.4 Å². The van der Waals surface area contributed by atoms with Crippen molar-refractivity contribution >= 4 is 56.4 Å². The first-order chi connectivity index (χ1) is 14.9. The summed E-state index contributed by atoms with van der Waals surface area (Å²) in [5, 5.41) is 4.24. The monoisotopic (exact) mass is 458 g/mol. The Balaban J connectivity index is 1.47. The molecular formula is C24H14N2S4. The minimum absolute atomic E-state index is 0.959. The molecule has 0 spiro atoms. The second-order valence-corrected chi connectivity index (χ2v) is 10.8. The number of aromatic nitrogens is 2. The van der Waals surface area contributed by atoms with Gasteiger partial charge in [0.15, 0.2) is 0 Å². The molecule has 0 fully saturated rings. The van der Waals surface area contributed by atoms with Crippen molar-refractivity contribution in [3.8, 4) is 40.4 Å². The van der Waals surface area contributed by atoms with Crippen LogP contribution in [-0.2, 0) is 0 Å². The Morgan fingerprint density at radius 3 is 1.37 bits per heavy atom. The average Bonchev–Trinajstić information content (AvgIpc) is 3.57. The second kappa shape index (κ2) is 7.56. The maximum atomic E-state index is 4.73. The van der Waals surface area contributed by atoms with Gasteiger partial charge < -0.3 is 0 Å². The van der Waals surface area contributed by atoms with Crippen molar-refractivity contribution in [2.24, 2.45) is 0 Å². The fraction of sp³-hybridized carbons (Fsp3) is 0. The van der Waals surface area contributed by atoms with E-state index in [4.69, 9.17) is 9.97 Å². The van der Waals surface area contributed by atoms with Gasteiger partial charge in [-0.3, -0.25) is 9.97 Å². The van der Waals surface area contributed by atoms with Crippen LogP contribution in [0.4, 0.5) is 0 Å². The number of benzene rings is 1. The van der Waals surface area contributed by atoms with Gasteiger partial charge in [0.2, 0.25) is 0 Å². The summed E-state index contributed by atoms with van der Waals surface area (Å²) in [5.74, 6) is 0. The molecule has 0 radical (unpaired) electrons. The van der Waals surface area contributed by atoms with Crippen LogP contribution in [0.25, 0.3) is 51.4 Å². The molecule has 0 aliphatic carbocycles. The van der Waals surface area contributed by atoms with E-state index in [1.165, 1.54) is 29.3 Å². The average molecular weight is 459 g/mol. The van der Waals surface area contributed by atoms with Crippen LogP contribution in [0, 0.1) is 0 Å². The van der Waals surface area contributed by atoms with Crippen molar-refractivity contribution in [3.05, 3.63) is 83.8 Å². The quantitative estimate of drug-likeness (QED) is 0.264. The van der Waals surface area contributed by atoms with E-state index >= 15 is 0 Å². The normalized spacial score (nSPS) is 11.3. The van der Waals surface area contributed by atoms with Crippen LogP contribution in [0.3, 0.4) is 0 Å². The van der Waals surface area contributed by atoms with E-state index in [1.807, 2.05) is 22.7 Å². The van der Waals surface area contributed by atoms with Crippen molar-refractivity contribution < 1.29 is 0 Å². The summed E-state index contributed by atoms with van der Waals surface area (Å²) in [6, 6.07) is 21.7. The lowest BCUT2D eigenvalue weighted by atomic mass is 10.1. The van der Waals surface area contributed by atoms with Gasteiger partial charge in [0, 0.05) is 52.8 Å². The lowest BCUT2D eigenvalue weighted by Crippen LogP contribution is -1.88. The van der Waals surface area contributed by atoms with Crippen LogP contribution in [0.2, 0.25) is 0 Å². The number of hydrogen-bond acceptors (Lipinski definition) is 6. The standard InChI is InChI=1S/C24H14N2S4/c1-3-19(27-13-1)21-9-7-17(29-21)15-5-6-16(24-23(15)25-11-12-26-24)18-8-10-22(30-18)20-4-2-14-28-20/h1-14H. The molecule has 0 N–H and O–H groups in total. The van der Waals surface area contributed by atoms with Gasteiger partial charge in [0.05, 0.1) is 11.0 Å². The first-order valence-electron chi connectivity index (χ1n) is 9.39. The minimum Gasteiger partial charge on any atom is -0.252 e. The van der Waals surface area contributed by atoms with E-state index in [9.17, 15) is 0 Å². The Bertz CT molecular complexity index is 1330. The minimum atomic E-state index is 0.959. The highest BCUT2D eigenvalue weighted by molar-refractivity contribution is 7.24. The molecule has 0 unspecified atom stereocenters. The van der Waals surface area contributed by atoms with Crippen LogP contribution in [0.15, 0.2) is 83.8 Å². The Kier molecular flexibility index (Phi) is 4.57. The van der Waals surface area contributed by atoms with Gasteiger partial charge >= 0.3 is 0 Å². The lowest BCUT2D eigenvalue weighted by molar-refractivity contribution is 1.30. The van der Waals surface area contributed by atoms with Crippen molar-refractivity contribution in [2.45, 2.75) is 0 Å². The molecule has 144 valence electrons. The maximum Gasteiger partial charge on any atom is 0.0979 e. The Hall–Kier alpha value is -2.64. The topological polar surface area (TPSA) is 25.8 Å². The largest absolute Gasteiger partial charge is 0.252 e.